The van der Waals surface area contributed by atoms with Crippen LogP contribution in [0.15, 0.2) is 46.5 Å². The number of allylic oxidation sites excluding steroid dienone is 1. The van der Waals surface area contributed by atoms with Gasteiger partial charge in [-0.3, -0.25) is 4.79 Å². The second-order valence-electron chi connectivity index (χ2n) is 6.74. The zero-order valence-corrected chi connectivity index (χ0v) is 15.4. The van der Waals surface area contributed by atoms with Gasteiger partial charge >= 0.3 is 0 Å². The number of benzene rings is 1. The van der Waals surface area contributed by atoms with Crippen molar-refractivity contribution < 1.29 is 4.79 Å². The summed E-state index contributed by atoms with van der Waals surface area (Å²) in [6.07, 6.45) is 8.73. The van der Waals surface area contributed by atoms with E-state index in [4.69, 9.17) is 0 Å². The van der Waals surface area contributed by atoms with E-state index in [0.29, 0.717) is 0 Å². The zero-order chi connectivity index (χ0) is 16.8. The summed E-state index contributed by atoms with van der Waals surface area (Å²) in [6, 6.07) is 10.6. The Labute approximate surface area is 149 Å². The molecule has 0 N–H and O–H groups in total. The van der Waals surface area contributed by atoms with Gasteiger partial charge < -0.3 is 0 Å². The van der Waals surface area contributed by atoms with Crippen LogP contribution >= 0.6 is 11.8 Å². The van der Waals surface area contributed by atoms with Crippen LogP contribution in [0.5, 0.6) is 0 Å². The van der Waals surface area contributed by atoms with Gasteiger partial charge in [0.1, 0.15) is 5.04 Å². The van der Waals surface area contributed by atoms with Crippen molar-refractivity contribution in [2.24, 2.45) is 10.9 Å². The lowest BCUT2D eigenvalue weighted by Gasteiger charge is -2.19. The number of aliphatic imine (C=N–C) groups is 1. The van der Waals surface area contributed by atoms with Crippen LogP contribution in [-0.4, -0.2) is 16.7 Å². The van der Waals surface area contributed by atoms with E-state index in [1.807, 2.05) is 0 Å². The first-order valence-electron chi connectivity index (χ1n) is 9.28. The molecule has 1 amide bonds. The average molecular weight is 342 g/mol. The van der Waals surface area contributed by atoms with Gasteiger partial charge in [-0.25, -0.2) is 4.99 Å². The highest BCUT2D eigenvalue weighted by atomic mass is 32.2. The standard InChI is InChI=1S/C21H27NOS/c1-2-24-21-19-13-7-11-17(19)14-15-18(20(23)22-21)12-6-10-16-8-4-3-5-9-16/h3-5,8-9,18H,2,6-7,10-15H2,1H3. The Bertz CT molecular complexity index is 632. The third-order valence-corrected chi connectivity index (χ3v) is 5.99. The Morgan fingerprint density at radius 3 is 2.79 bits per heavy atom. The van der Waals surface area contributed by atoms with Gasteiger partial charge in [0, 0.05) is 5.92 Å². The lowest BCUT2D eigenvalue weighted by molar-refractivity contribution is -0.122. The Balaban J connectivity index is 1.64. The molecule has 24 heavy (non-hydrogen) atoms. The fraction of sp³-hybridized carbons (Fsp3) is 0.524. The van der Waals surface area contributed by atoms with Crippen LogP contribution in [0.4, 0.5) is 0 Å². The number of amides is 1. The summed E-state index contributed by atoms with van der Waals surface area (Å²) >= 11 is 1.75. The molecular formula is C21H27NOS. The predicted octanol–water partition coefficient (Wildman–Crippen LogP) is 5.58. The molecule has 1 aromatic rings. The molecule has 0 saturated carbocycles. The minimum atomic E-state index is 0.107. The number of carbonyl (C=O) groups is 1. The molecule has 0 fully saturated rings. The highest BCUT2D eigenvalue weighted by Crippen LogP contribution is 2.36. The largest absolute Gasteiger partial charge is 0.272 e. The second kappa shape index (κ2) is 8.66. The molecule has 0 spiro atoms. The molecule has 0 aromatic heterocycles. The number of thioether (sulfide) groups is 1. The van der Waals surface area contributed by atoms with E-state index in [2.05, 4.69) is 42.2 Å². The smallest absolute Gasteiger partial charge is 0.249 e. The molecule has 1 aliphatic carbocycles. The van der Waals surface area contributed by atoms with Crippen LogP contribution in [0.1, 0.15) is 57.4 Å². The summed E-state index contributed by atoms with van der Waals surface area (Å²) in [6.45, 7) is 2.14. The topological polar surface area (TPSA) is 29.4 Å². The molecule has 1 heterocycles. The van der Waals surface area contributed by atoms with Gasteiger partial charge in [0.15, 0.2) is 0 Å². The maximum atomic E-state index is 12.7. The zero-order valence-electron chi connectivity index (χ0n) is 14.6. The van der Waals surface area contributed by atoms with Gasteiger partial charge in [-0.05, 0) is 68.3 Å². The number of aryl methyl sites for hydroxylation is 1. The van der Waals surface area contributed by atoms with Gasteiger partial charge in [-0.2, -0.15) is 0 Å². The number of hydrogen-bond acceptors (Lipinski definition) is 2. The molecular weight excluding hydrogens is 314 g/mol. The third-order valence-electron chi connectivity index (χ3n) is 5.09. The fourth-order valence-electron chi connectivity index (χ4n) is 3.79. The van der Waals surface area contributed by atoms with Crippen LogP contribution in [0.3, 0.4) is 0 Å². The van der Waals surface area contributed by atoms with E-state index in [0.717, 1.165) is 49.3 Å². The van der Waals surface area contributed by atoms with Crippen molar-refractivity contribution in [3.63, 3.8) is 0 Å². The van der Waals surface area contributed by atoms with Crippen molar-refractivity contribution in [3.8, 4) is 0 Å². The molecule has 1 aromatic carbocycles. The summed E-state index contributed by atoms with van der Waals surface area (Å²) < 4.78 is 0. The Morgan fingerprint density at radius 1 is 1.17 bits per heavy atom. The number of hydrogen-bond donors (Lipinski definition) is 0. The molecule has 0 saturated heterocycles. The first kappa shape index (κ1) is 17.5. The van der Waals surface area contributed by atoms with Gasteiger partial charge in [-0.1, -0.05) is 42.8 Å². The van der Waals surface area contributed by atoms with Crippen LogP contribution in [0.25, 0.3) is 0 Å². The van der Waals surface area contributed by atoms with E-state index >= 15 is 0 Å². The van der Waals surface area contributed by atoms with Crippen molar-refractivity contribution in [2.75, 3.05) is 5.75 Å². The van der Waals surface area contributed by atoms with Crippen LogP contribution in [-0.2, 0) is 11.2 Å². The average Bonchev–Trinajstić information content (AvgIpc) is 3.05. The van der Waals surface area contributed by atoms with E-state index < -0.39 is 0 Å². The predicted molar refractivity (Wildman–Crippen MR) is 104 cm³/mol. The van der Waals surface area contributed by atoms with Gasteiger partial charge in [-0.15, -0.1) is 11.8 Å². The van der Waals surface area contributed by atoms with Gasteiger partial charge in [0.05, 0.1) is 0 Å². The Kier molecular flexibility index (Phi) is 6.30. The van der Waals surface area contributed by atoms with Crippen molar-refractivity contribution >= 4 is 22.7 Å². The minimum absolute atomic E-state index is 0.107. The molecule has 2 nitrogen and oxygen atoms in total. The van der Waals surface area contributed by atoms with Crippen LogP contribution in [0.2, 0.25) is 0 Å². The maximum Gasteiger partial charge on any atom is 0.249 e. The lowest BCUT2D eigenvalue weighted by Crippen LogP contribution is -2.18. The molecule has 3 heteroatoms. The molecule has 1 unspecified atom stereocenters. The Morgan fingerprint density at radius 2 is 2.00 bits per heavy atom. The monoisotopic (exact) mass is 341 g/mol. The maximum absolute atomic E-state index is 12.7. The number of carbonyl (C=O) groups excluding carboxylic acids is 1. The summed E-state index contributed by atoms with van der Waals surface area (Å²) in [5.41, 5.74) is 4.34. The first-order chi connectivity index (χ1) is 11.8. The molecule has 0 bridgehead atoms. The number of rotatable bonds is 5. The van der Waals surface area contributed by atoms with Crippen molar-refractivity contribution in [1.29, 1.82) is 0 Å². The highest BCUT2D eigenvalue weighted by Gasteiger charge is 2.26. The number of nitrogens with zero attached hydrogens (tertiary/aromatic N) is 1. The molecule has 2 aliphatic rings. The minimum Gasteiger partial charge on any atom is -0.272 e. The fourth-order valence-corrected chi connectivity index (χ4v) is 4.64. The van der Waals surface area contributed by atoms with E-state index in [9.17, 15) is 4.79 Å². The summed E-state index contributed by atoms with van der Waals surface area (Å²) in [4.78, 5) is 17.2. The Hall–Kier alpha value is -1.35. The van der Waals surface area contributed by atoms with Crippen LogP contribution < -0.4 is 0 Å². The molecule has 128 valence electrons. The SMILES string of the molecule is CCSC1=NC(=O)C(CCCc2ccccc2)CCC2=C1CCC2. The highest BCUT2D eigenvalue weighted by molar-refractivity contribution is 8.14. The van der Waals surface area contributed by atoms with Crippen molar-refractivity contribution in [1.82, 2.24) is 0 Å². The third kappa shape index (κ3) is 4.38. The normalized spacial score (nSPS) is 21.3. The van der Waals surface area contributed by atoms with Crippen molar-refractivity contribution in [2.45, 2.75) is 58.3 Å². The van der Waals surface area contributed by atoms with Gasteiger partial charge in [0.25, 0.3) is 0 Å². The van der Waals surface area contributed by atoms with E-state index in [-0.39, 0.29) is 11.8 Å². The van der Waals surface area contributed by atoms with Gasteiger partial charge in [0.2, 0.25) is 5.91 Å². The molecule has 3 rings (SSSR count). The first-order valence-corrected chi connectivity index (χ1v) is 10.3. The quantitative estimate of drug-likeness (QED) is 0.700. The van der Waals surface area contributed by atoms with E-state index in [1.54, 1.807) is 17.3 Å². The van der Waals surface area contributed by atoms with Crippen LogP contribution in [0, 0.1) is 5.92 Å². The van der Waals surface area contributed by atoms with Crippen molar-refractivity contribution in [3.05, 3.63) is 47.0 Å². The molecule has 1 aliphatic heterocycles. The van der Waals surface area contributed by atoms with E-state index in [1.165, 1.54) is 24.0 Å². The lowest BCUT2D eigenvalue weighted by atomic mass is 9.91. The summed E-state index contributed by atoms with van der Waals surface area (Å²) in [5, 5.41) is 1.03. The summed E-state index contributed by atoms with van der Waals surface area (Å²) in [5.74, 6) is 1.22. The summed E-state index contributed by atoms with van der Waals surface area (Å²) in [7, 11) is 0. The second-order valence-corrected chi connectivity index (χ2v) is 7.99. The molecule has 0 radical (unpaired) electrons. The molecule has 1 atom stereocenters.